The van der Waals surface area contributed by atoms with E-state index in [0.29, 0.717) is 18.3 Å². The van der Waals surface area contributed by atoms with E-state index in [4.69, 9.17) is 9.73 Å². The summed E-state index contributed by atoms with van der Waals surface area (Å²) < 4.78 is 5.95. The number of pyridine rings is 1. The number of guanidine groups is 1. The highest BCUT2D eigenvalue weighted by atomic mass is 16.5. The molecule has 7 heteroatoms. The van der Waals surface area contributed by atoms with Gasteiger partial charge in [-0.2, -0.15) is 0 Å². The third-order valence-corrected chi connectivity index (χ3v) is 4.70. The standard InChI is InChI=1S/C21H35N5O2/c1-6-22-21(26-11-9-25(10-12-26)18(5)27)24-15-19-7-8-23-20(14-19)28-17(4)13-16(2)3/h7-8,14,16-17H,6,9-13,15H2,1-5H3,(H,22,24). The van der Waals surface area contributed by atoms with Gasteiger partial charge in [0, 0.05) is 51.9 Å². The molecule has 1 saturated heterocycles. The van der Waals surface area contributed by atoms with Crippen molar-refractivity contribution < 1.29 is 9.53 Å². The van der Waals surface area contributed by atoms with E-state index in [0.717, 1.165) is 50.7 Å². The number of aromatic nitrogens is 1. The number of hydrogen-bond donors (Lipinski definition) is 1. The molecule has 1 unspecified atom stereocenters. The molecule has 0 spiro atoms. The van der Waals surface area contributed by atoms with E-state index in [1.54, 1.807) is 13.1 Å². The van der Waals surface area contributed by atoms with Crippen LogP contribution in [0, 0.1) is 5.92 Å². The number of piperazine rings is 1. The Hall–Kier alpha value is -2.31. The van der Waals surface area contributed by atoms with Crippen LogP contribution in [0.4, 0.5) is 0 Å². The molecule has 1 N–H and O–H groups in total. The zero-order valence-corrected chi connectivity index (χ0v) is 17.9. The third kappa shape index (κ3) is 7.02. The summed E-state index contributed by atoms with van der Waals surface area (Å²) in [4.78, 5) is 24.7. The van der Waals surface area contributed by atoms with Gasteiger partial charge in [-0.15, -0.1) is 0 Å². The first-order valence-electron chi connectivity index (χ1n) is 10.3. The lowest BCUT2D eigenvalue weighted by Gasteiger charge is -2.36. The first-order chi connectivity index (χ1) is 13.4. The van der Waals surface area contributed by atoms with E-state index in [1.165, 1.54) is 0 Å². The number of nitrogens with one attached hydrogen (secondary N) is 1. The molecule has 0 aromatic carbocycles. The predicted molar refractivity (Wildman–Crippen MR) is 112 cm³/mol. The van der Waals surface area contributed by atoms with Crippen molar-refractivity contribution in [2.24, 2.45) is 10.9 Å². The first-order valence-corrected chi connectivity index (χ1v) is 10.3. The Balaban J connectivity index is 1.99. The van der Waals surface area contributed by atoms with Crippen LogP contribution in [-0.4, -0.2) is 65.5 Å². The Morgan fingerprint density at radius 1 is 1.25 bits per heavy atom. The smallest absolute Gasteiger partial charge is 0.219 e. The van der Waals surface area contributed by atoms with E-state index in [9.17, 15) is 4.79 Å². The summed E-state index contributed by atoms with van der Waals surface area (Å²) >= 11 is 0. The van der Waals surface area contributed by atoms with E-state index in [2.05, 4.69) is 42.9 Å². The average Bonchev–Trinajstić information content (AvgIpc) is 2.65. The van der Waals surface area contributed by atoms with Gasteiger partial charge in [0.2, 0.25) is 11.8 Å². The molecule has 1 fully saturated rings. The van der Waals surface area contributed by atoms with Crippen molar-refractivity contribution in [2.45, 2.75) is 53.7 Å². The highest BCUT2D eigenvalue weighted by molar-refractivity contribution is 5.80. The highest BCUT2D eigenvalue weighted by Gasteiger charge is 2.20. The molecule has 7 nitrogen and oxygen atoms in total. The number of rotatable bonds is 7. The van der Waals surface area contributed by atoms with Crippen LogP contribution in [0.3, 0.4) is 0 Å². The summed E-state index contributed by atoms with van der Waals surface area (Å²) in [7, 11) is 0. The molecule has 1 aromatic heterocycles. The van der Waals surface area contributed by atoms with Crippen LogP contribution in [0.15, 0.2) is 23.3 Å². The maximum Gasteiger partial charge on any atom is 0.219 e. The molecule has 1 aromatic rings. The third-order valence-electron chi connectivity index (χ3n) is 4.70. The van der Waals surface area contributed by atoms with Crippen LogP contribution in [-0.2, 0) is 11.3 Å². The Morgan fingerprint density at radius 2 is 1.93 bits per heavy atom. The number of hydrogen-bond acceptors (Lipinski definition) is 4. The minimum atomic E-state index is 0.137. The first kappa shape index (κ1) is 22.0. The molecule has 0 bridgehead atoms. The Bertz CT molecular complexity index is 654. The molecule has 0 saturated carbocycles. The van der Waals surface area contributed by atoms with Crippen LogP contribution in [0.25, 0.3) is 0 Å². The minimum Gasteiger partial charge on any atom is -0.475 e. The Labute approximate surface area is 169 Å². The van der Waals surface area contributed by atoms with Crippen LogP contribution in [0.2, 0.25) is 0 Å². The van der Waals surface area contributed by atoms with Gasteiger partial charge >= 0.3 is 0 Å². The lowest BCUT2D eigenvalue weighted by atomic mass is 10.1. The molecule has 1 aliphatic heterocycles. The van der Waals surface area contributed by atoms with Crippen molar-refractivity contribution in [3.05, 3.63) is 23.9 Å². The van der Waals surface area contributed by atoms with Crippen LogP contribution >= 0.6 is 0 Å². The molecule has 1 amide bonds. The fourth-order valence-electron chi connectivity index (χ4n) is 3.36. The Kier molecular flexibility index (Phi) is 8.54. The number of aliphatic imine (C=N–C) groups is 1. The number of amides is 1. The maximum absolute atomic E-state index is 11.5. The zero-order chi connectivity index (χ0) is 20.5. The summed E-state index contributed by atoms with van der Waals surface area (Å²) in [5.74, 6) is 2.27. The van der Waals surface area contributed by atoms with Gasteiger partial charge in [-0.25, -0.2) is 9.98 Å². The maximum atomic E-state index is 11.5. The van der Waals surface area contributed by atoms with Gasteiger partial charge in [-0.05, 0) is 37.8 Å². The molecule has 0 radical (unpaired) electrons. The number of carbonyl (C=O) groups excluding carboxylic acids is 1. The number of ether oxygens (including phenoxy) is 1. The van der Waals surface area contributed by atoms with E-state index >= 15 is 0 Å². The van der Waals surface area contributed by atoms with Gasteiger partial charge in [0.1, 0.15) is 0 Å². The van der Waals surface area contributed by atoms with Crippen molar-refractivity contribution in [3.8, 4) is 5.88 Å². The monoisotopic (exact) mass is 389 g/mol. The lowest BCUT2D eigenvalue weighted by Crippen LogP contribution is -2.53. The second-order valence-corrected chi connectivity index (χ2v) is 7.72. The molecule has 156 valence electrons. The van der Waals surface area contributed by atoms with Crippen LogP contribution in [0.5, 0.6) is 5.88 Å². The highest BCUT2D eigenvalue weighted by Crippen LogP contribution is 2.15. The second-order valence-electron chi connectivity index (χ2n) is 7.72. The quantitative estimate of drug-likeness (QED) is 0.573. The average molecular weight is 390 g/mol. The van der Waals surface area contributed by atoms with Crippen LogP contribution < -0.4 is 10.1 Å². The molecule has 2 heterocycles. The largest absolute Gasteiger partial charge is 0.475 e. The summed E-state index contributed by atoms with van der Waals surface area (Å²) in [6.07, 6.45) is 2.92. The van der Waals surface area contributed by atoms with Gasteiger partial charge in [-0.1, -0.05) is 13.8 Å². The fourth-order valence-corrected chi connectivity index (χ4v) is 3.36. The molecule has 1 atom stereocenters. The van der Waals surface area contributed by atoms with Gasteiger partial charge < -0.3 is 19.9 Å². The van der Waals surface area contributed by atoms with Gasteiger partial charge in [0.05, 0.1) is 12.6 Å². The normalized spacial score (nSPS) is 16.3. The van der Waals surface area contributed by atoms with Gasteiger partial charge in [-0.3, -0.25) is 4.79 Å². The van der Waals surface area contributed by atoms with Gasteiger partial charge in [0.25, 0.3) is 0 Å². The van der Waals surface area contributed by atoms with Crippen molar-refractivity contribution in [3.63, 3.8) is 0 Å². The summed E-state index contributed by atoms with van der Waals surface area (Å²) in [5.41, 5.74) is 1.07. The SMILES string of the molecule is CCNC(=NCc1ccnc(OC(C)CC(C)C)c1)N1CCN(C(C)=O)CC1. The van der Waals surface area contributed by atoms with Crippen molar-refractivity contribution in [1.82, 2.24) is 20.1 Å². The minimum absolute atomic E-state index is 0.137. The van der Waals surface area contributed by atoms with Crippen molar-refractivity contribution in [1.29, 1.82) is 0 Å². The fraction of sp³-hybridized carbons (Fsp3) is 0.667. The van der Waals surface area contributed by atoms with Crippen molar-refractivity contribution in [2.75, 3.05) is 32.7 Å². The lowest BCUT2D eigenvalue weighted by molar-refractivity contribution is -0.130. The summed E-state index contributed by atoms with van der Waals surface area (Å²) in [6.45, 7) is 14.6. The van der Waals surface area contributed by atoms with E-state index in [-0.39, 0.29) is 12.0 Å². The topological polar surface area (TPSA) is 70.1 Å². The molecule has 2 rings (SSSR count). The van der Waals surface area contributed by atoms with E-state index < -0.39 is 0 Å². The molecule has 0 aliphatic carbocycles. The number of carbonyl (C=O) groups is 1. The molecule has 28 heavy (non-hydrogen) atoms. The summed E-state index contributed by atoms with van der Waals surface area (Å²) in [6, 6.07) is 3.94. The Morgan fingerprint density at radius 3 is 2.54 bits per heavy atom. The zero-order valence-electron chi connectivity index (χ0n) is 17.9. The summed E-state index contributed by atoms with van der Waals surface area (Å²) in [5, 5.41) is 3.36. The van der Waals surface area contributed by atoms with Crippen LogP contribution in [0.1, 0.15) is 46.6 Å². The van der Waals surface area contributed by atoms with Crippen molar-refractivity contribution >= 4 is 11.9 Å². The predicted octanol–water partition coefficient (Wildman–Crippen LogP) is 2.52. The van der Waals surface area contributed by atoms with Gasteiger partial charge in [0.15, 0.2) is 5.96 Å². The van der Waals surface area contributed by atoms with E-state index in [1.807, 2.05) is 17.0 Å². The number of nitrogens with zero attached hydrogens (tertiary/aromatic N) is 4. The molecule has 1 aliphatic rings. The second kappa shape index (κ2) is 10.9. The molecular formula is C21H35N5O2. The molecular weight excluding hydrogens is 354 g/mol.